The maximum atomic E-state index is 11.9. The number of halogens is 3. The largest absolute Gasteiger partial charge is 0.416 e. The van der Waals surface area contributed by atoms with E-state index in [0.29, 0.717) is 4.90 Å². The van der Waals surface area contributed by atoms with Gasteiger partial charge in [-0.15, -0.1) is 12.6 Å². The molecule has 0 aliphatic rings. The third-order valence-electron chi connectivity index (χ3n) is 1.17. The number of isothiocyanates is 1. The van der Waals surface area contributed by atoms with Crippen molar-refractivity contribution >= 4 is 30.0 Å². The van der Waals surface area contributed by atoms with Gasteiger partial charge in [0.1, 0.15) is 0 Å². The monoisotopic (exact) mass is 237 g/mol. The summed E-state index contributed by atoms with van der Waals surface area (Å²) in [6, 6.07) is 4.83. The van der Waals surface area contributed by atoms with Crippen molar-refractivity contribution in [3.05, 3.63) is 29.8 Å². The van der Waals surface area contributed by atoms with Gasteiger partial charge in [-0.2, -0.15) is 13.2 Å². The van der Waals surface area contributed by atoms with Crippen LogP contribution in [0.4, 0.5) is 13.2 Å². The first-order valence-electron chi connectivity index (χ1n) is 3.32. The molecule has 0 radical (unpaired) electrons. The molecule has 0 fully saturated rings. The highest BCUT2D eigenvalue weighted by atomic mass is 32.1. The van der Waals surface area contributed by atoms with E-state index in [1.165, 1.54) is 12.1 Å². The molecule has 1 aromatic carbocycles. The average Bonchev–Trinajstić information content (AvgIpc) is 2.04. The first kappa shape index (κ1) is 13.2. The van der Waals surface area contributed by atoms with E-state index in [2.05, 4.69) is 24.8 Å². The molecule has 0 amide bonds. The van der Waals surface area contributed by atoms with Crippen LogP contribution in [0.25, 0.3) is 0 Å². The lowest BCUT2D eigenvalue weighted by Gasteiger charge is -2.05. The highest BCUT2D eigenvalue weighted by Gasteiger charge is 2.29. The minimum absolute atomic E-state index is 0.319. The van der Waals surface area contributed by atoms with Crippen molar-refractivity contribution in [3.8, 4) is 0 Å². The molecule has 6 heteroatoms. The molecule has 0 unspecified atom stereocenters. The van der Waals surface area contributed by atoms with Gasteiger partial charge in [-0.3, -0.25) is 0 Å². The Kier molecular flexibility index (Phi) is 5.45. The SMILES string of the molecule is FC(F)(F)c1cccc(S)c1.N=C=S. The van der Waals surface area contributed by atoms with E-state index < -0.39 is 11.7 Å². The molecular formula is C8H6F3NS2. The van der Waals surface area contributed by atoms with Gasteiger partial charge in [-0.1, -0.05) is 6.07 Å². The van der Waals surface area contributed by atoms with Gasteiger partial charge >= 0.3 is 6.18 Å². The maximum Gasteiger partial charge on any atom is 0.416 e. The number of benzene rings is 1. The molecular weight excluding hydrogens is 231 g/mol. The van der Waals surface area contributed by atoms with Crippen LogP contribution in [-0.4, -0.2) is 5.16 Å². The van der Waals surface area contributed by atoms with Crippen molar-refractivity contribution in [2.45, 2.75) is 11.1 Å². The molecule has 0 aliphatic carbocycles. The first-order valence-corrected chi connectivity index (χ1v) is 4.17. The zero-order valence-electron chi connectivity index (χ0n) is 6.80. The van der Waals surface area contributed by atoms with Crippen LogP contribution in [0, 0.1) is 5.41 Å². The molecule has 0 heterocycles. The summed E-state index contributed by atoms with van der Waals surface area (Å²) in [6.07, 6.45) is -4.27. The predicted molar refractivity (Wildman–Crippen MR) is 54.0 cm³/mol. The van der Waals surface area contributed by atoms with Crippen LogP contribution in [0.1, 0.15) is 5.56 Å². The number of thiol groups is 1. The number of nitrogens with one attached hydrogen (secondary N) is 1. The number of hydrogen-bond acceptors (Lipinski definition) is 3. The minimum Gasteiger partial charge on any atom is -0.248 e. The van der Waals surface area contributed by atoms with E-state index >= 15 is 0 Å². The second-order valence-electron chi connectivity index (χ2n) is 2.15. The highest BCUT2D eigenvalue weighted by molar-refractivity contribution is 7.80. The summed E-state index contributed by atoms with van der Waals surface area (Å²) in [6.45, 7) is 0. The molecule has 14 heavy (non-hydrogen) atoms. The van der Waals surface area contributed by atoms with Crippen LogP contribution in [0.2, 0.25) is 0 Å². The van der Waals surface area contributed by atoms with E-state index in [9.17, 15) is 13.2 Å². The fourth-order valence-corrected chi connectivity index (χ4v) is 0.907. The Morgan fingerprint density at radius 2 is 1.86 bits per heavy atom. The standard InChI is InChI=1S/C7H5F3S.CHNS/c8-7(9,10)5-2-1-3-6(11)4-5;2-1-3/h1-4,11H;2H. The topological polar surface area (TPSA) is 23.9 Å². The quantitative estimate of drug-likeness (QED) is 0.401. The third kappa shape index (κ3) is 5.01. The highest BCUT2D eigenvalue weighted by Crippen LogP contribution is 2.29. The van der Waals surface area contributed by atoms with Crippen molar-refractivity contribution in [2.75, 3.05) is 0 Å². The van der Waals surface area contributed by atoms with Crippen LogP contribution in [0.5, 0.6) is 0 Å². The number of rotatable bonds is 0. The van der Waals surface area contributed by atoms with Crippen LogP contribution >= 0.6 is 24.8 Å². The van der Waals surface area contributed by atoms with Crippen molar-refractivity contribution in [1.29, 1.82) is 5.41 Å². The molecule has 76 valence electrons. The smallest absolute Gasteiger partial charge is 0.248 e. The Balaban J connectivity index is 0.000000500. The fraction of sp³-hybridized carbons (Fsp3) is 0.125. The van der Waals surface area contributed by atoms with Gasteiger partial charge in [0.25, 0.3) is 0 Å². The van der Waals surface area contributed by atoms with Crippen LogP contribution < -0.4 is 0 Å². The van der Waals surface area contributed by atoms with Crippen molar-refractivity contribution in [2.24, 2.45) is 0 Å². The van der Waals surface area contributed by atoms with Gasteiger partial charge < -0.3 is 0 Å². The third-order valence-corrected chi connectivity index (χ3v) is 1.45. The molecule has 0 spiro atoms. The summed E-state index contributed by atoms with van der Waals surface area (Å²) < 4.78 is 35.8. The first-order chi connectivity index (χ1) is 6.41. The van der Waals surface area contributed by atoms with Gasteiger partial charge in [-0.05, 0) is 30.4 Å². The van der Waals surface area contributed by atoms with Crippen LogP contribution in [0.15, 0.2) is 29.2 Å². The Bertz CT molecular complexity index is 330. The average molecular weight is 237 g/mol. The van der Waals surface area contributed by atoms with E-state index in [-0.39, 0.29) is 0 Å². The number of alkyl halides is 3. The summed E-state index contributed by atoms with van der Waals surface area (Å²) in [5, 5.41) is 7.36. The number of thiocarbonyl (C=S) groups is 1. The molecule has 0 bridgehead atoms. The Hall–Kier alpha value is -0.840. The zero-order chi connectivity index (χ0) is 11.2. The van der Waals surface area contributed by atoms with Crippen LogP contribution in [0.3, 0.4) is 0 Å². The van der Waals surface area contributed by atoms with Gasteiger partial charge in [0.2, 0.25) is 0 Å². The maximum absolute atomic E-state index is 11.9. The number of hydrogen-bond donors (Lipinski definition) is 2. The summed E-state index contributed by atoms with van der Waals surface area (Å²) in [5.41, 5.74) is -0.662. The lowest BCUT2D eigenvalue weighted by Crippen LogP contribution is -2.03. The molecule has 1 rings (SSSR count). The molecule has 0 saturated carbocycles. The molecule has 1 aromatic rings. The van der Waals surface area contributed by atoms with E-state index in [4.69, 9.17) is 5.41 Å². The summed E-state index contributed by atoms with van der Waals surface area (Å²) in [4.78, 5) is 0.319. The van der Waals surface area contributed by atoms with Crippen molar-refractivity contribution < 1.29 is 13.2 Å². The van der Waals surface area contributed by atoms with E-state index in [0.717, 1.165) is 12.1 Å². The van der Waals surface area contributed by atoms with Gasteiger partial charge in [0.05, 0.1) is 10.7 Å². The summed E-state index contributed by atoms with van der Waals surface area (Å²) >= 11 is 7.60. The molecule has 0 aromatic heterocycles. The second kappa shape index (κ2) is 5.80. The summed E-state index contributed by atoms with van der Waals surface area (Å²) in [5.74, 6) is 0. The van der Waals surface area contributed by atoms with Crippen molar-refractivity contribution in [3.63, 3.8) is 0 Å². The normalized spacial score (nSPS) is 9.71. The lowest BCUT2D eigenvalue weighted by molar-refractivity contribution is -0.137. The molecule has 1 N–H and O–H groups in total. The Labute approximate surface area is 89.9 Å². The van der Waals surface area contributed by atoms with E-state index in [1.54, 1.807) is 5.16 Å². The zero-order valence-corrected chi connectivity index (χ0v) is 8.51. The van der Waals surface area contributed by atoms with Gasteiger partial charge in [-0.25, -0.2) is 5.41 Å². The second-order valence-corrected chi connectivity index (χ2v) is 2.87. The summed E-state index contributed by atoms with van der Waals surface area (Å²) in [7, 11) is 0. The van der Waals surface area contributed by atoms with Crippen molar-refractivity contribution in [1.82, 2.24) is 0 Å². The molecule has 1 nitrogen and oxygen atoms in total. The molecule has 0 atom stereocenters. The molecule has 0 saturated heterocycles. The Morgan fingerprint density at radius 1 is 1.36 bits per heavy atom. The minimum atomic E-state index is -4.27. The Morgan fingerprint density at radius 3 is 2.14 bits per heavy atom. The predicted octanol–water partition coefficient (Wildman–Crippen LogP) is 3.66. The van der Waals surface area contributed by atoms with Crippen LogP contribution in [-0.2, 0) is 6.18 Å². The fourth-order valence-electron chi connectivity index (χ4n) is 0.682. The van der Waals surface area contributed by atoms with E-state index in [1.807, 2.05) is 0 Å². The molecule has 0 aliphatic heterocycles. The lowest BCUT2D eigenvalue weighted by atomic mass is 10.2. The van der Waals surface area contributed by atoms with Gasteiger partial charge in [0, 0.05) is 4.90 Å². The van der Waals surface area contributed by atoms with Gasteiger partial charge in [0.15, 0.2) is 0 Å².